The van der Waals surface area contributed by atoms with Crippen molar-refractivity contribution < 1.29 is 14.4 Å². The van der Waals surface area contributed by atoms with Gasteiger partial charge >= 0.3 is 6.03 Å². The zero-order valence-electron chi connectivity index (χ0n) is 17.0. The molecule has 5 fully saturated rings. The molecule has 160 valence electrons. The average Bonchev–Trinajstić information content (AvgIpc) is 3.07. The van der Waals surface area contributed by atoms with Crippen LogP contribution in [0.15, 0.2) is 24.3 Å². The molecule has 7 heteroatoms. The summed E-state index contributed by atoms with van der Waals surface area (Å²) in [5, 5.41) is 6.66. The lowest BCUT2D eigenvalue weighted by molar-refractivity contribution is -0.132. The molecule has 30 heavy (non-hydrogen) atoms. The van der Waals surface area contributed by atoms with E-state index in [9.17, 15) is 14.4 Å². The third-order valence-electron chi connectivity index (χ3n) is 7.55. The number of imide groups is 1. The molecule has 4 bridgehead atoms. The molecule has 1 aromatic carbocycles. The minimum absolute atomic E-state index is 0.187. The maximum absolute atomic E-state index is 13.2. The Balaban J connectivity index is 1.26. The van der Waals surface area contributed by atoms with Crippen LogP contribution in [0, 0.1) is 17.8 Å². The molecule has 0 radical (unpaired) electrons. The van der Waals surface area contributed by atoms with Crippen LogP contribution in [0.3, 0.4) is 0 Å². The van der Waals surface area contributed by atoms with Crippen molar-refractivity contribution in [2.24, 2.45) is 17.8 Å². The SMILES string of the molecule is O=C(NCc1ccccc1Cl)C1CCC(=O)N1C(=O)NC12CC3CC(CC(C3)C1)C2. The van der Waals surface area contributed by atoms with Gasteiger partial charge < -0.3 is 10.6 Å². The Morgan fingerprint density at radius 3 is 2.33 bits per heavy atom. The van der Waals surface area contributed by atoms with Crippen molar-refractivity contribution in [2.45, 2.75) is 69.5 Å². The molecular weight excluding hydrogens is 402 g/mol. The number of hydrogen-bond acceptors (Lipinski definition) is 3. The maximum Gasteiger partial charge on any atom is 0.325 e. The van der Waals surface area contributed by atoms with Gasteiger partial charge in [0.05, 0.1) is 0 Å². The van der Waals surface area contributed by atoms with Crippen LogP contribution in [0.25, 0.3) is 0 Å². The highest BCUT2D eigenvalue weighted by atomic mass is 35.5. The quantitative estimate of drug-likeness (QED) is 0.767. The summed E-state index contributed by atoms with van der Waals surface area (Å²) in [4.78, 5) is 39.7. The van der Waals surface area contributed by atoms with Crippen LogP contribution in [-0.2, 0) is 16.1 Å². The van der Waals surface area contributed by atoms with Crippen molar-refractivity contribution in [1.82, 2.24) is 15.5 Å². The van der Waals surface area contributed by atoms with Crippen molar-refractivity contribution >= 4 is 29.4 Å². The molecule has 1 unspecified atom stereocenters. The minimum Gasteiger partial charge on any atom is -0.350 e. The third kappa shape index (κ3) is 3.59. The van der Waals surface area contributed by atoms with Crippen molar-refractivity contribution in [1.29, 1.82) is 0 Å². The number of halogens is 1. The number of likely N-dealkylation sites (tertiary alicyclic amines) is 1. The summed E-state index contributed by atoms with van der Waals surface area (Å²) in [6.07, 6.45) is 7.46. The number of hydrogen-bond donors (Lipinski definition) is 2. The summed E-state index contributed by atoms with van der Waals surface area (Å²) in [5.41, 5.74) is 0.620. The highest BCUT2D eigenvalue weighted by Gasteiger charge is 2.53. The summed E-state index contributed by atoms with van der Waals surface area (Å²) in [7, 11) is 0. The van der Waals surface area contributed by atoms with E-state index in [1.165, 1.54) is 24.2 Å². The van der Waals surface area contributed by atoms with Gasteiger partial charge in [-0.15, -0.1) is 0 Å². The molecule has 5 aliphatic rings. The van der Waals surface area contributed by atoms with Gasteiger partial charge in [0, 0.05) is 23.5 Å². The first-order valence-electron chi connectivity index (χ1n) is 11.1. The number of rotatable bonds is 4. The second kappa shape index (κ2) is 7.56. The summed E-state index contributed by atoms with van der Waals surface area (Å²) in [6.45, 7) is 0.271. The standard InChI is InChI=1S/C23H28ClN3O3/c24-18-4-2-1-3-17(18)13-25-21(29)19-5-6-20(28)27(19)22(30)26-23-10-14-7-15(11-23)9-16(8-14)12-23/h1-4,14-16,19H,5-13H2,(H,25,29)(H,26,30). The van der Waals surface area contributed by atoms with Gasteiger partial charge in [0.1, 0.15) is 6.04 Å². The number of amides is 4. The van der Waals surface area contributed by atoms with E-state index in [4.69, 9.17) is 11.6 Å². The molecule has 2 N–H and O–H groups in total. The summed E-state index contributed by atoms with van der Waals surface area (Å²) in [6, 6.07) is 6.16. The Kier molecular flexibility index (Phi) is 5.00. The Bertz CT molecular complexity index is 851. The first kappa shape index (κ1) is 19.9. The van der Waals surface area contributed by atoms with Crippen LogP contribution in [0.4, 0.5) is 4.79 Å². The van der Waals surface area contributed by atoms with E-state index in [1.807, 2.05) is 18.2 Å². The molecule has 1 aliphatic heterocycles. The lowest BCUT2D eigenvalue weighted by Gasteiger charge is -2.57. The van der Waals surface area contributed by atoms with E-state index >= 15 is 0 Å². The number of nitrogens with zero attached hydrogens (tertiary/aromatic N) is 1. The Morgan fingerprint density at radius 2 is 1.70 bits per heavy atom. The van der Waals surface area contributed by atoms with Crippen LogP contribution in [0.1, 0.15) is 56.9 Å². The second-order valence-electron chi connectivity index (χ2n) is 9.76. The highest BCUT2D eigenvalue weighted by Crippen LogP contribution is 2.55. The predicted octanol–water partition coefficient (Wildman–Crippen LogP) is 3.63. The van der Waals surface area contributed by atoms with Crippen LogP contribution < -0.4 is 10.6 Å². The number of nitrogens with one attached hydrogen (secondary N) is 2. The molecule has 1 heterocycles. The van der Waals surface area contributed by atoms with Crippen molar-refractivity contribution in [3.63, 3.8) is 0 Å². The lowest BCUT2D eigenvalue weighted by atomic mass is 9.53. The molecule has 1 saturated heterocycles. The highest BCUT2D eigenvalue weighted by molar-refractivity contribution is 6.31. The summed E-state index contributed by atoms with van der Waals surface area (Å²) < 4.78 is 0. The number of carbonyl (C=O) groups excluding carboxylic acids is 3. The zero-order valence-corrected chi connectivity index (χ0v) is 17.8. The number of benzene rings is 1. The van der Waals surface area contributed by atoms with Crippen molar-refractivity contribution in [2.75, 3.05) is 0 Å². The smallest absolute Gasteiger partial charge is 0.325 e. The van der Waals surface area contributed by atoms with Crippen LogP contribution in [0.5, 0.6) is 0 Å². The molecule has 6 nitrogen and oxygen atoms in total. The van der Waals surface area contributed by atoms with E-state index in [2.05, 4.69) is 10.6 Å². The monoisotopic (exact) mass is 429 g/mol. The van der Waals surface area contributed by atoms with E-state index in [1.54, 1.807) is 6.07 Å². The van der Waals surface area contributed by atoms with Crippen LogP contribution in [0.2, 0.25) is 5.02 Å². The van der Waals surface area contributed by atoms with E-state index in [0.29, 0.717) is 29.2 Å². The third-order valence-corrected chi connectivity index (χ3v) is 7.92. The van der Waals surface area contributed by atoms with Gasteiger partial charge in [0.15, 0.2) is 0 Å². The van der Waals surface area contributed by atoms with Gasteiger partial charge in [-0.05, 0) is 74.3 Å². The Morgan fingerprint density at radius 1 is 1.07 bits per heavy atom. The van der Waals surface area contributed by atoms with E-state index < -0.39 is 12.1 Å². The molecule has 1 aromatic rings. The minimum atomic E-state index is -0.756. The molecule has 0 aromatic heterocycles. The van der Waals surface area contributed by atoms with Crippen LogP contribution in [-0.4, -0.2) is 34.3 Å². The maximum atomic E-state index is 13.2. The second-order valence-corrected chi connectivity index (χ2v) is 10.2. The predicted molar refractivity (Wildman–Crippen MR) is 113 cm³/mol. The topological polar surface area (TPSA) is 78.5 Å². The van der Waals surface area contributed by atoms with Gasteiger partial charge in [-0.3, -0.25) is 14.5 Å². The average molecular weight is 430 g/mol. The molecule has 4 aliphatic carbocycles. The zero-order chi connectivity index (χ0) is 20.9. The van der Waals surface area contributed by atoms with E-state index in [0.717, 1.165) is 24.8 Å². The van der Waals surface area contributed by atoms with E-state index in [-0.39, 0.29) is 30.3 Å². The number of carbonyl (C=O) groups is 3. The van der Waals surface area contributed by atoms with Gasteiger partial charge in [-0.1, -0.05) is 29.8 Å². The van der Waals surface area contributed by atoms with Crippen molar-refractivity contribution in [3.8, 4) is 0 Å². The number of urea groups is 1. The van der Waals surface area contributed by atoms with Gasteiger partial charge in [-0.25, -0.2) is 4.79 Å². The fourth-order valence-corrected chi connectivity index (χ4v) is 6.88. The Labute approximate surface area is 181 Å². The first-order chi connectivity index (χ1) is 14.4. The Hall–Kier alpha value is -2.08. The molecule has 4 saturated carbocycles. The molecule has 0 spiro atoms. The normalized spacial score (nSPS) is 34.3. The molecule has 1 atom stereocenters. The van der Waals surface area contributed by atoms with Crippen molar-refractivity contribution in [3.05, 3.63) is 34.9 Å². The fourth-order valence-electron chi connectivity index (χ4n) is 6.68. The molecule has 4 amide bonds. The lowest BCUT2D eigenvalue weighted by Crippen LogP contribution is -2.63. The summed E-state index contributed by atoms with van der Waals surface area (Å²) in [5.74, 6) is 1.51. The fraction of sp³-hybridized carbons (Fsp3) is 0.609. The molecular formula is C23H28ClN3O3. The van der Waals surface area contributed by atoms with Gasteiger partial charge in [0.25, 0.3) is 0 Å². The molecule has 6 rings (SSSR count). The summed E-state index contributed by atoms with van der Waals surface area (Å²) >= 11 is 6.16. The largest absolute Gasteiger partial charge is 0.350 e. The van der Waals surface area contributed by atoms with Gasteiger partial charge in [-0.2, -0.15) is 0 Å². The van der Waals surface area contributed by atoms with Gasteiger partial charge in [0.2, 0.25) is 11.8 Å². The van der Waals surface area contributed by atoms with Crippen LogP contribution >= 0.6 is 11.6 Å². The first-order valence-corrected chi connectivity index (χ1v) is 11.5.